The molecule has 2 heterocycles. The lowest BCUT2D eigenvalue weighted by Crippen LogP contribution is -2.68. The summed E-state index contributed by atoms with van der Waals surface area (Å²) in [5, 5.41) is 0. The van der Waals surface area contributed by atoms with E-state index in [2.05, 4.69) is 134 Å². The molecule has 0 amide bonds. The van der Waals surface area contributed by atoms with Crippen molar-refractivity contribution in [2.24, 2.45) is 0 Å². The maximum atomic E-state index is 3.78. The van der Waals surface area contributed by atoms with Gasteiger partial charge >= 0.3 is 6.42 Å². The summed E-state index contributed by atoms with van der Waals surface area (Å²) in [6, 6.07) is 34.4. The first kappa shape index (κ1) is 16.3. The number of benzene rings is 3. The summed E-state index contributed by atoms with van der Waals surface area (Å²) in [4.78, 5) is 0. The molecule has 0 atom stereocenters. The fourth-order valence-corrected chi connectivity index (χ4v) is 4.94. The van der Waals surface area contributed by atoms with Gasteiger partial charge in [-0.1, -0.05) is 72.8 Å². The number of rotatable bonds is 3. The first-order chi connectivity index (χ1) is 13.3. The third kappa shape index (κ3) is 2.37. The molecule has 1 aliphatic rings. The topological polar surface area (TPSA) is 7.94 Å². The van der Waals surface area contributed by atoms with Gasteiger partial charge in [0.1, 0.15) is 6.21 Å². The van der Waals surface area contributed by atoms with Crippen molar-refractivity contribution in [3.8, 4) is 0 Å². The summed E-state index contributed by atoms with van der Waals surface area (Å²) < 4.78 is 5.94. The molecule has 27 heavy (non-hydrogen) atoms. The van der Waals surface area contributed by atoms with Gasteiger partial charge in [0.05, 0.1) is 10.2 Å². The molecule has 0 unspecified atom stereocenters. The van der Waals surface area contributed by atoms with Crippen molar-refractivity contribution in [2.45, 2.75) is 0 Å². The number of nitrogens with zero attached hydrogens (tertiary/aromatic N) is 2. The molecule has 5 rings (SSSR count). The summed E-state index contributed by atoms with van der Waals surface area (Å²) in [5.74, 6) is 0. The van der Waals surface area contributed by atoms with Crippen LogP contribution in [0.5, 0.6) is 0 Å². The van der Waals surface area contributed by atoms with Gasteiger partial charge in [0.2, 0.25) is 0 Å². The molecule has 2 nitrogen and oxygen atoms in total. The summed E-state index contributed by atoms with van der Waals surface area (Å²) >= 11 is 3.78. The van der Waals surface area contributed by atoms with Gasteiger partial charge in [0.25, 0.3) is 0 Å². The van der Waals surface area contributed by atoms with E-state index < -0.39 is 6.42 Å². The molecule has 4 aromatic rings. The second kappa shape index (κ2) is 6.40. The molecule has 0 radical (unpaired) electrons. The van der Waals surface area contributed by atoms with Crippen molar-refractivity contribution in [3.63, 3.8) is 0 Å². The van der Waals surface area contributed by atoms with Crippen LogP contribution in [-0.2, 0) is 0 Å². The lowest BCUT2D eigenvalue weighted by atomic mass is 9.36. The zero-order chi connectivity index (χ0) is 18.3. The van der Waals surface area contributed by atoms with Crippen LogP contribution < -0.4 is 10.9 Å². The monoisotopic (exact) mass is 412 g/mol. The molecular weight excluding hydrogens is 395 g/mol. The minimum absolute atomic E-state index is 1.09. The number of hydrogen-bond donors (Lipinski definition) is 0. The van der Waals surface area contributed by atoms with Gasteiger partial charge in [0, 0.05) is 6.07 Å². The van der Waals surface area contributed by atoms with E-state index in [4.69, 9.17) is 0 Å². The van der Waals surface area contributed by atoms with Gasteiger partial charge in [-0.15, -0.1) is 10.9 Å². The molecule has 1 aliphatic heterocycles. The van der Waals surface area contributed by atoms with E-state index in [9.17, 15) is 0 Å². The van der Waals surface area contributed by atoms with Crippen LogP contribution in [0.3, 0.4) is 0 Å². The summed E-state index contributed by atoms with van der Waals surface area (Å²) in [6.07, 6.45) is 3.08. The maximum absolute atomic E-state index is 3.78. The second-order valence-electron chi connectivity index (χ2n) is 6.93. The molecule has 3 aromatic carbocycles. The van der Waals surface area contributed by atoms with Crippen molar-refractivity contribution in [2.75, 3.05) is 0 Å². The number of hydrogen-bond acceptors (Lipinski definition) is 0. The molecular formula is C23H18BBrN2. The Kier molecular flexibility index (Phi) is 3.87. The Hall–Kier alpha value is -2.85. The number of para-hydroxylation sites is 1. The lowest BCUT2D eigenvalue weighted by Gasteiger charge is -2.36. The predicted molar refractivity (Wildman–Crippen MR) is 117 cm³/mol. The van der Waals surface area contributed by atoms with Gasteiger partial charge in [-0.3, -0.25) is 0 Å². The third-order valence-corrected chi connectivity index (χ3v) is 6.22. The quantitative estimate of drug-likeness (QED) is 0.447. The zero-order valence-corrected chi connectivity index (χ0v) is 16.3. The third-order valence-electron chi connectivity index (χ3n) is 5.55. The van der Waals surface area contributed by atoms with Gasteiger partial charge in [-0.05, 0) is 40.3 Å². The van der Waals surface area contributed by atoms with Crippen molar-refractivity contribution in [1.82, 2.24) is 4.48 Å². The molecule has 0 spiro atoms. The van der Waals surface area contributed by atoms with Crippen LogP contribution in [0.2, 0.25) is 0 Å². The van der Waals surface area contributed by atoms with Crippen molar-refractivity contribution in [1.29, 1.82) is 0 Å². The second-order valence-corrected chi connectivity index (χ2v) is 7.78. The van der Waals surface area contributed by atoms with Crippen LogP contribution in [0.4, 0.5) is 5.69 Å². The minimum atomic E-state index is -1.39. The summed E-state index contributed by atoms with van der Waals surface area (Å²) in [5.41, 5.74) is 4.93. The van der Waals surface area contributed by atoms with Crippen LogP contribution >= 0.6 is 15.9 Å². The average Bonchev–Trinajstić information content (AvgIpc) is 3.30. The lowest BCUT2D eigenvalue weighted by molar-refractivity contribution is -0.285. The highest BCUT2D eigenvalue weighted by Crippen LogP contribution is 2.32. The predicted octanol–water partition coefficient (Wildman–Crippen LogP) is 4.13. The minimum Gasteiger partial charge on any atom is -0.449 e. The van der Waals surface area contributed by atoms with Gasteiger partial charge in [0.15, 0.2) is 5.69 Å². The average molecular weight is 413 g/mol. The molecule has 130 valence electrons. The van der Waals surface area contributed by atoms with Gasteiger partial charge in [-0.25, -0.2) is 0 Å². The van der Waals surface area contributed by atoms with Crippen LogP contribution in [-0.4, -0.2) is 21.6 Å². The Morgan fingerprint density at radius 3 is 1.89 bits per heavy atom. The largest absolute Gasteiger partial charge is 0.449 e. The van der Waals surface area contributed by atoms with Crippen molar-refractivity contribution in [3.05, 3.63) is 113 Å². The molecule has 0 fully saturated rings. The first-order valence-corrected chi connectivity index (χ1v) is 9.93. The molecule has 0 bridgehead atoms. The van der Waals surface area contributed by atoms with Crippen LogP contribution in [0.15, 0.2) is 108 Å². The van der Waals surface area contributed by atoms with Gasteiger partial charge in [-0.2, -0.15) is 0 Å². The Balaban J connectivity index is 1.91. The van der Waals surface area contributed by atoms with E-state index in [1.165, 1.54) is 16.6 Å². The number of aromatic nitrogens is 1. The van der Waals surface area contributed by atoms with E-state index in [-0.39, 0.29) is 0 Å². The van der Waals surface area contributed by atoms with E-state index >= 15 is 0 Å². The smallest absolute Gasteiger partial charge is 0.434 e. The molecule has 0 saturated carbocycles. The molecule has 0 aliphatic carbocycles. The maximum Gasteiger partial charge on any atom is 0.434 e. The van der Waals surface area contributed by atoms with Crippen LogP contribution in [0, 0.1) is 0 Å². The fourth-order valence-electron chi connectivity index (χ4n) is 4.45. The fraction of sp³-hybridized carbons (Fsp3) is 0. The highest BCUT2D eigenvalue weighted by atomic mass is 79.9. The normalized spacial score (nSPS) is 14.6. The SMILES string of the molecule is Brc1ccccc1[N+]1=Cc2cccn2[B-]1(c1ccccc1)c1ccccc1. The zero-order valence-electron chi connectivity index (χ0n) is 14.7. The van der Waals surface area contributed by atoms with E-state index in [1.54, 1.807) is 0 Å². The highest BCUT2D eigenvalue weighted by Gasteiger charge is 2.49. The first-order valence-electron chi connectivity index (χ1n) is 9.14. The molecule has 1 aromatic heterocycles. The summed E-state index contributed by atoms with van der Waals surface area (Å²) in [7, 11) is 0. The number of halogens is 1. The molecule has 0 saturated heterocycles. The molecule has 4 heteroatoms. The summed E-state index contributed by atoms with van der Waals surface area (Å²) in [6.45, 7) is 0. The van der Waals surface area contributed by atoms with Gasteiger partial charge < -0.3 is 8.96 Å². The Labute approximate surface area is 167 Å². The van der Waals surface area contributed by atoms with Crippen molar-refractivity contribution < 1.29 is 4.49 Å². The molecule has 0 N–H and O–H groups in total. The van der Waals surface area contributed by atoms with Crippen molar-refractivity contribution >= 4 is 45.2 Å². The van der Waals surface area contributed by atoms with E-state index in [1.807, 2.05) is 0 Å². The standard InChI is InChI=1S/C23H18BBrN2/c25-22-15-7-8-16-23(22)27-18-21-14-9-17-26(21)24(27,19-10-3-1-4-11-19)20-12-5-2-6-13-20/h1-18H. The Morgan fingerprint density at radius 1 is 0.667 bits per heavy atom. The Bertz CT molecular complexity index is 1090. The number of fused-ring (bicyclic) bond motifs is 1. The van der Waals surface area contributed by atoms with E-state index in [0.29, 0.717) is 0 Å². The Morgan fingerprint density at radius 2 is 1.26 bits per heavy atom. The van der Waals surface area contributed by atoms with Crippen LogP contribution in [0.1, 0.15) is 5.69 Å². The highest BCUT2D eigenvalue weighted by molar-refractivity contribution is 9.10. The van der Waals surface area contributed by atoms with E-state index in [0.717, 1.165) is 10.2 Å². The van der Waals surface area contributed by atoms with Crippen LogP contribution in [0.25, 0.3) is 0 Å².